The minimum atomic E-state index is -0.911. The van der Waals surface area contributed by atoms with Crippen LogP contribution < -0.4 is 10.6 Å². The third-order valence-corrected chi connectivity index (χ3v) is 4.27. The molecule has 0 aliphatic rings. The zero-order valence-electron chi connectivity index (χ0n) is 18.3. The van der Waals surface area contributed by atoms with Gasteiger partial charge in [-0.1, -0.05) is 32.0 Å². The molecule has 2 N–H and O–H groups in total. The molecule has 0 bridgehead atoms. The Morgan fingerprint density at radius 1 is 1.10 bits per heavy atom. The van der Waals surface area contributed by atoms with E-state index < -0.39 is 23.8 Å². The van der Waals surface area contributed by atoms with Crippen LogP contribution in [-0.4, -0.2) is 36.2 Å². The number of amides is 2. The van der Waals surface area contributed by atoms with Gasteiger partial charge in [-0.05, 0) is 58.1 Å². The minimum absolute atomic E-state index is 0.0941. The molecule has 2 amide bonds. The van der Waals surface area contributed by atoms with E-state index in [1.54, 1.807) is 20.8 Å². The highest BCUT2D eigenvalue weighted by molar-refractivity contribution is 5.95. The van der Waals surface area contributed by atoms with Crippen molar-refractivity contribution in [3.63, 3.8) is 0 Å². The van der Waals surface area contributed by atoms with Gasteiger partial charge in [0.25, 0.3) is 5.91 Å². The number of ether oxygens (including phenoxy) is 2. The smallest absolute Gasteiger partial charge is 0.407 e. The van der Waals surface area contributed by atoms with Crippen LogP contribution in [0.15, 0.2) is 24.3 Å². The SMILES string of the molecule is CC[C@@H](C)c1ccccc1NC(=O)[C@@H](C)OC(=O)CCCNC(=O)OC(C)(C)C. The summed E-state index contributed by atoms with van der Waals surface area (Å²) in [5, 5.41) is 5.42. The second-order valence-electron chi connectivity index (χ2n) is 8.05. The third kappa shape index (κ3) is 9.45. The fourth-order valence-corrected chi connectivity index (χ4v) is 2.54. The topological polar surface area (TPSA) is 93.7 Å². The second-order valence-corrected chi connectivity index (χ2v) is 8.05. The number of anilines is 1. The van der Waals surface area contributed by atoms with E-state index in [0.717, 1.165) is 17.7 Å². The third-order valence-electron chi connectivity index (χ3n) is 4.27. The summed E-state index contributed by atoms with van der Waals surface area (Å²) < 4.78 is 10.3. The van der Waals surface area contributed by atoms with Crippen LogP contribution in [0.4, 0.5) is 10.5 Å². The lowest BCUT2D eigenvalue weighted by molar-refractivity contribution is -0.153. The van der Waals surface area contributed by atoms with Crippen LogP contribution in [0.5, 0.6) is 0 Å². The van der Waals surface area contributed by atoms with Crippen LogP contribution in [0.1, 0.15) is 72.3 Å². The Morgan fingerprint density at radius 3 is 2.38 bits per heavy atom. The highest BCUT2D eigenvalue weighted by Crippen LogP contribution is 2.26. The molecule has 0 saturated carbocycles. The Hall–Kier alpha value is -2.57. The number of carbonyl (C=O) groups excluding carboxylic acids is 3. The summed E-state index contributed by atoms with van der Waals surface area (Å²) in [6.07, 6.45) is -0.000541. The van der Waals surface area contributed by atoms with Gasteiger partial charge in [0, 0.05) is 18.7 Å². The second kappa shape index (κ2) is 11.4. The van der Waals surface area contributed by atoms with Crippen molar-refractivity contribution < 1.29 is 23.9 Å². The average molecular weight is 407 g/mol. The van der Waals surface area contributed by atoms with Crippen LogP contribution in [0, 0.1) is 0 Å². The van der Waals surface area contributed by atoms with Crippen molar-refractivity contribution in [3.05, 3.63) is 29.8 Å². The Morgan fingerprint density at radius 2 is 1.76 bits per heavy atom. The van der Waals surface area contributed by atoms with Crippen molar-refractivity contribution in [3.8, 4) is 0 Å². The molecule has 0 radical (unpaired) electrons. The van der Waals surface area contributed by atoms with Gasteiger partial charge in [-0.15, -0.1) is 0 Å². The molecule has 1 rings (SSSR count). The summed E-state index contributed by atoms with van der Waals surface area (Å²) in [4.78, 5) is 35.9. The molecule has 29 heavy (non-hydrogen) atoms. The van der Waals surface area contributed by atoms with Gasteiger partial charge in [0.1, 0.15) is 5.60 Å². The minimum Gasteiger partial charge on any atom is -0.453 e. The van der Waals surface area contributed by atoms with Gasteiger partial charge in [0.15, 0.2) is 6.10 Å². The van der Waals surface area contributed by atoms with E-state index in [2.05, 4.69) is 24.5 Å². The first-order chi connectivity index (χ1) is 13.5. The van der Waals surface area contributed by atoms with E-state index in [0.29, 0.717) is 12.3 Å². The summed E-state index contributed by atoms with van der Waals surface area (Å²) in [5.74, 6) is -0.559. The number of benzene rings is 1. The molecule has 162 valence electrons. The average Bonchev–Trinajstić information content (AvgIpc) is 2.63. The zero-order chi connectivity index (χ0) is 22.0. The van der Waals surface area contributed by atoms with E-state index in [4.69, 9.17) is 9.47 Å². The molecule has 0 heterocycles. The van der Waals surface area contributed by atoms with Crippen LogP contribution in [-0.2, 0) is 19.1 Å². The van der Waals surface area contributed by atoms with Crippen molar-refractivity contribution in [2.75, 3.05) is 11.9 Å². The van der Waals surface area contributed by atoms with E-state index in [-0.39, 0.29) is 18.9 Å². The molecule has 2 atom stereocenters. The normalized spacial score (nSPS) is 13.2. The maximum Gasteiger partial charge on any atom is 0.407 e. The van der Waals surface area contributed by atoms with Crippen LogP contribution >= 0.6 is 0 Å². The van der Waals surface area contributed by atoms with E-state index in [1.165, 1.54) is 6.92 Å². The zero-order valence-corrected chi connectivity index (χ0v) is 18.3. The lowest BCUT2D eigenvalue weighted by atomic mass is 9.97. The van der Waals surface area contributed by atoms with E-state index >= 15 is 0 Å². The van der Waals surface area contributed by atoms with Crippen molar-refractivity contribution in [2.24, 2.45) is 0 Å². The van der Waals surface area contributed by atoms with Gasteiger partial charge in [-0.3, -0.25) is 9.59 Å². The van der Waals surface area contributed by atoms with E-state index in [9.17, 15) is 14.4 Å². The summed E-state index contributed by atoms with van der Waals surface area (Å²) in [5.41, 5.74) is 1.21. The Bertz CT molecular complexity index is 697. The number of carbonyl (C=O) groups is 3. The number of para-hydroxylation sites is 1. The Balaban J connectivity index is 2.42. The first-order valence-electron chi connectivity index (χ1n) is 10.1. The first-order valence-corrected chi connectivity index (χ1v) is 10.1. The fourth-order valence-electron chi connectivity index (χ4n) is 2.54. The van der Waals surface area contributed by atoms with Crippen LogP contribution in [0.25, 0.3) is 0 Å². The number of nitrogens with one attached hydrogen (secondary N) is 2. The maximum atomic E-state index is 12.4. The molecule has 0 saturated heterocycles. The van der Waals surface area contributed by atoms with Crippen molar-refractivity contribution >= 4 is 23.7 Å². The highest BCUT2D eigenvalue weighted by Gasteiger charge is 2.20. The number of rotatable bonds is 9. The van der Waals surface area contributed by atoms with Crippen molar-refractivity contribution in [1.29, 1.82) is 0 Å². The summed E-state index contributed by atoms with van der Waals surface area (Å²) in [7, 11) is 0. The number of esters is 1. The molecular weight excluding hydrogens is 372 g/mol. The van der Waals surface area contributed by atoms with Crippen molar-refractivity contribution in [1.82, 2.24) is 5.32 Å². The largest absolute Gasteiger partial charge is 0.453 e. The summed E-state index contributed by atoms with van der Waals surface area (Å²) >= 11 is 0. The molecule has 0 fully saturated rings. The molecule has 0 aliphatic heterocycles. The number of alkyl carbamates (subject to hydrolysis) is 1. The predicted molar refractivity (Wildman–Crippen MR) is 113 cm³/mol. The molecular formula is C22H34N2O5. The van der Waals surface area contributed by atoms with Gasteiger partial charge < -0.3 is 20.1 Å². The van der Waals surface area contributed by atoms with Crippen LogP contribution in [0.3, 0.4) is 0 Å². The van der Waals surface area contributed by atoms with Gasteiger partial charge in [0.05, 0.1) is 0 Å². The molecule has 1 aromatic rings. The van der Waals surface area contributed by atoms with Crippen LogP contribution in [0.2, 0.25) is 0 Å². The molecule has 0 spiro atoms. The number of hydrogen-bond donors (Lipinski definition) is 2. The predicted octanol–water partition coefficient (Wildman–Crippen LogP) is 4.38. The van der Waals surface area contributed by atoms with Gasteiger partial charge in [-0.2, -0.15) is 0 Å². The lowest BCUT2D eigenvalue weighted by Gasteiger charge is -2.19. The Kier molecular flexibility index (Phi) is 9.65. The van der Waals surface area contributed by atoms with Gasteiger partial charge in [0.2, 0.25) is 0 Å². The highest BCUT2D eigenvalue weighted by atomic mass is 16.6. The molecule has 1 aromatic carbocycles. The van der Waals surface area contributed by atoms with Crippen molar-refractivity contribution in [2.45, 2.75) is 78.4 Å². The van der Waals surface area contributed by atoms with E-state index in [1.807, 2.05) is 24.3 Å². The molecule has 0 aliphatic carbocycles. The molecule has 0 unspecified atom stereocenters. The summed E-state index contributed by atoms with van der Waals surface area (Å²) in [6, 6.07) is 7.62. The van der Waals surface area contributed by atoms with Gasteiger partial charge >= 0.3 is 12.1 Å². The fraction of sp³-hybridized carbons (Fsp3) is 0.591. The molecule has 7 nitrogen and oxygen atoms in total. The standard InChI is InChI=1S/C22H34N2O5/c1-7-15(2)17-11-8-9-12-18(17)24-20(26)16(3)28-19(25)13-10-14-23-21(27)29-22(4,5)6/h8-9,11-12,15-16H,7,10,13-14H2,1-6H3,(H,23,27)(H,24,26)/t15-,16-/m1/s1. The Labute approximate surface area is 173 Å². The molecule has 7 heteroatoms. The lowest BCUT2D eigenvalue weighted by Crippen LogP contribution is -2.33. The summed E-state index contributed by atoms with van der Waals surface area (Å²) in [6.45, 7) is 11.3. The monoisotopic (exact) mass is 406 g/mol. The number of hydrogen-bond acceptors (Lipinski definition) is 5. The maximum absolute atomic E-state index is 12.4. The quantitative estimate of drug-likeness (QED) is 0.469. The van der Waals surface area contributed by atoms with Gasteiger partial charge in [-0.25, -0.2) is 4.79 Å². The molecule has 0 aromatic heterocycles. The first kappa shape index (κ1) is 24.5.